The summed E-state index contributed by atoms with van der Waals surface area (Å²) in [5.74, 6) is 0. The molecule has 0 atom stereocenters. The predicted octanol–water partition coefficient (Wildman–Crippen LogP) is 0.851. The molecule has 0 heterocycles. The Morgan fingerprint density at radius 2 is 2.00 bits per heavy atom. The Morgan fingerprint density at radius 3 is 2.30 bits per heavy atom. The first-order chi connectivity index (χ1) is 4.58. The van der Waals surface area contributed by atoms with E-state index in [9.17, 15) is 0 Å². The number of likely N-dealkylation sites (N-methyl/N-ethyl adjacent to an activating group) is 1. The van der Waals surface area contributed by atoms with Gasteiger partial charge in [-0.1, -0.05) is 0 Å². The molecule has 0 radical (unpaired) electrons. The first-order valence-corrected chi connectivity index (χ1v) is 3.92. The summed E-state index contributed by atoms with van der Waals surface area (Å²) < 4.78 is 0. The molecule has 0 aromatic rings. The van der Waals surface area contributed by atoms with Crippen LogP contribution >= 0.6 is 0 Å². The molecule has 1 N–H and O–H groups in total. The summed E-state index contributed by atoms with van der Waals surface area (Å²) in [7, 11) is 2.09. The van der Waals surface area contributed by atoms with Crippen molar-refractivity contribution in [2.45, 2.75) is 38.3 Å². The van der Waals surface area contributed by atoms with Gasteiger partial charge in [0.15, 0.2) is 0 Å². The fourth-order valence-corrected chi connectivity index (χ4v) is 1.07. The summed E-state index contributed by atoms with van der Waals surface area (Å²) in [5, 5.41) is 9.00. The van der Waals surface area contributed by atoms with Gasteiger partial charge >= 0.3 is 0 Å². The molecule has 0 unspecified atom stereocenters. The van der Waals surface area contributed by atoms with Crippen molar-refractivity contribution in [1.29, 1.82) is 0 Å². The van der Waals surface area contributed by atoms with Gasteiger partial charge in [-0.15, -0.1) is 0 Å². The van der Waals surface area contributed by atoms with Crippen molar-refractivity contribution in [3.05, 3.63) is 0 Å². The summed E-state index contributed by atoms with van der Waals surface area (Å²) in [4.78, 5) is 2.27. The van der Waals surface area contributed by atoms with Crippen molar-refractivity contribution in [1.82, 2.24) is 4.90 Å². The van der Waals surface area contributed by atoms with E-state index in [-0.39, 0.29) is 12.1 Å². The van der Waals surface area contributed by atoms with Gasteiger partial charge in [0.25, 0.3) is 0 Å². The number of hydrogen-bond donors (Lipinski definition) is 1. The summed E-state index contributed by atoms with van der Waals surface area (Å²) >= 11 is 0. The Labute approximate surface area is 62.8 Å². The van der Waals surface area contributed by atoms with E-state index in [1.54, 1.807) is 0 Å². The molecule has 1 rings (SSSR count). The Morgan fingerprint density at radius 1 is 1.50 bits per heavy atom. The maximum Gasteiger partial charge on any atom is 0.0610 e. The average Bonchev–Trinajstić information content (AvgIpc) is 2.68. The van der Waals surface area contributed by atoms with E-state index in [1.807, 2.05) is 0 Å². The molecule has 0 aromatic heterocycles. The summed E-state index contributed by atoms with van der Waals surface area (Å²) in [5.41, 5.74) is -0.0266. The van der Waals surface area contributed by atoms with Gasteiger partial charge in [-0.3, -0.25) is 4.90 Å². The molecule has 0 amide bonds. The van der Waals surface area contributed by atoms with Crippen LogP contribution in [0.15, 0.2) is 0 Å². The van der Waals surface area contributed by atoms with Crippen LogP contribution in [-0.2, 0) is 0 Å². The molecule has 2 nitrogen and oxygen atoms in total. The molecular formula is C8H17NO. The normalized spacial score (nSPS) is 20.1. The second-order valence-corrected chi connectivity index (χ2v) is 3.81. The van der Waals surface area contributed by atoms with Gasteiger partial charge in [0.05, 0.1) is 6.61 Å². The largest absolute Gasteiger partial charge is 0.394 e. The zero-order valence-electron chi connectivity index (χ0n) is 7.09. The standard InChI is InChI=1S/C8H17NO/c1-8(2,6-10)9(3)7-4-5-7/h7,10H,4-6H2,1-3H3. The van der Waals surface area contributed by atoms with Gasteiger partial charge in [-0.05, 0) is 33.7 Å². The van der Waals surface area contributed by atoms with Gasteiger partial charge in [-0.25, -0.2) is 0 Å². The van der Waals surface area contributed by atoms with Crippen molar-refractivity contribution in [2.24, 2.45) is 0 Å². The van der Waals surface area contributed by atoms with Crippen molar-refractivity contribution < 1.29 is 5.11 Å². The number of hydrogen-bond acceptors (Lipinski definition) is 2. The fraction of sp³-hybridized carbons (Fsp3) is 1.00. The van der Waals surface area contributed by atoms with E-state index in [1.165, 1.54) is 12.8 Å². The first kappa shape index (κ1) is 8.02. The Hall–Kier alpha value is -0.0800. The van der Waals surface area contributed by atoms with Gasteiger partial charge in [0.1, 0.15) is 0 Å². The predicted molar refractivity (Wildman–Crippen MR) is 41.9 cm³/mol. The van der Waals surface area contributed by atoms with E-state index in [2.05, 4.69) is 25.8 Å². The fourth-order valence-electron chi connectivity index (χ4n) is 1.07. The van der Waals surface area contributed by atoms with Crippen LogP contribution in [-0.4, -0.2) is 35.2 Å². The lowest BCUT2D eigenvalue weighted by molar-refractivity contribution is 0.0730. The molecule has 2 heteroatoms. The zero-order valence-corrected chi connectivity index (χ0v) is 7.09. The molecule has 1 aliphatic carbocycles. The SMILES string of the molecule is CN(C1CC1)C(C)(C)CO. The number of nitrogens with zero attached hydrogens (tertiary/aromatic N) is 1. The Bertz CT molecular complexity index is 118. The van der Waals surface area contributed by atoms with E-state index < -0.39 is 0 Å². The van der Waals surface area contributed by atoms with Crippen LogP contribution < -0.4 is 0 Å². The summed E-state index contributed by atoms with van der Waals surface area (Å²) in [6.45, 7) is 4.40. The third kappa shape index (κ3) is 1.50. The van der Waals surface area contributed by atoms with Crippen molar-refractivity contribution in [3.63, 3.8) is 0 Å². The van der Waals surface area contributed by atoms with Crippen LogP contribution in [0.25, 0.3) is 0 Å². The lowest BCUT2D eigenvalue weighted by atomic mass is 10.1. The molecule has 0 saturated heterocycles. The lowest BCUT2D eigenvalue weighted by Crippen LogP contribution is -2.45. The topological polar surface area (TPSA) is 23.5 Å². The molecule has 1 fully saturated rings. The van der Waals surface area contributed by atoms with E-state index >= 15 is 0 Å². The summed E-state index contributed by atoms with van der Waals surface area (Å²) in [6, 6.07) is 0.738. The molecule has 60 valence electrons. The van der Waals surface area contributed by atoms with Crippen LogP contribution in [0, 0.1) is 0 Å². The minimum atomic E-state index is -0.0266. The molecular weight excluding hydrogens is 126 g/mol. The Balaban J connectivity index is 2.43. The quantitative estimate of drug-likeness (QED) is 0.633. The second kappa shape index (κ2) is 2.51. The van der Waals surface area contributed by atoms with Crippen LogP contribution in [0.2, 0.25) is 0 Å². The van der Waals surface area contributed by atoms with Gasteiger partial charge in [0, 0.05) is 11.6 Å². The lowest BCUT2D eigenvalue weighted by Gasteiger charge is -2.33. The molecule has 1 aliphatic rings. The van der Waals surface area contributed by atoms with E-state index in [4.69, 9.17) is 5.11 Å². The molecule has 10 heavy (non-hydrogen) atoms. The summed E-state index contributed by atoms with van der Waals surface area (Å²) in [6.07, 6.45) is 2.61. The van der Waals surface area contributed by atoms with Gasteiger partial charge < -0.3 is 5.11 Å². The Kier molecular flexibility index (Phi) is 2.02. The van der Waals surface area contributed by atoms with Crippen molar-refractivity contribution in [2.75, 3.05) is 13.7 Å². The first-order valence-electron chi connectivity index (χ1n) is 3.92. The highest BCUT2D eigenvalue weighted by Crippen LogP contribution is 2.30. The second-order valence-electron chi connectivity index (χ2n) is 3.81. The minimum absolute atomic E-state index is 0.0266. The molecule has 1 saturated carbocycles. The highest BCUT2D eigenvalue weighted by Gasteiger charge is 2.34. The molecule has 0 aromatic carbocycles. The van der Waals surface area contributed by atoms with Crippen LogP contribution in [0.5, 0.6) is 0 Å². The third-order valence-electron chi connectivity index (χ3n) is 2.44. The number of aliphatic hydroxyl groups is 1. The van der Waals surface area contributed by atoms with E-state index in [0.717, 1.165) is 6.04 Å². The molecule has 0 aliphatic heterocycles. The number of rotatable bonds is 3. The van der Waals surface area contributed by atoms with Crippen LogP contribution in [0.4, 0.5) is 0 Å². The monoisotopic (exact) mass is 143 g/mol. The van der Waals surface area contributed by atoms with Crippen molar-refractivity contribution >= 4 is 0 Å². The maximum atomic E-state index is 9.00. The van der Waals surface area contributed by atoms with Gasteiger partial charge in [-0.2, -0.15) is 0 Å². The maximum absolute atomic E-state index is 9.00. The van der Waals surface area contributed by atoms with E-state index in [0.29, 0.717) is 0 Å². The molecule has 0 bridgehead atoms. The zero-order chi connectivity index (χ0) is 7.78. The average molecular weight is 143 g/mol. The third-order valence-corrected chi connectivity index (χ3v) is 2.44. The van der Waals surface area contributed by atoms with Crippen molar-refractivity contribution in [3.8, 4) is 0 Å². The number of aliphatic hydroxyl groups excluding tert-OH is 1. The minimum Gasteiger partial charge on any atom is -0.394 e. The van der Waals surface area contributed by atoms with Gasteiger partial charge in [0.2, 0.25) is 0 Å². The highest BCUT2D eigenvalue weighted by molar-refractivity contribution is 4.90. The van der Waals surface area contributed by atoms with Crippen LogP contribution in [0.3, 0.4) is 0 Å². The van der Waals surface area contributed by atoms with Crippen LogP contribution in [0.1, 0.15) is 26.7 Å². The molecule has 0 spiro atoms. The highest BCUT2D eigenvalue weighted by atomic mass is 16.3. The smallest absolute Gasteiger partial charge is 0.0610 e.